The quantitative estimate of drug-likeness (QED) is 0.762. The summed E-state index contributed by atoms with van der Waals surface area (Å²) >= 11 is 3.34. The van der Waals surface area contributed by atoms with Gasteiger partial charge in [-0.05, 0) is 33.6 Å². The summed E-state index contributed by atoms with van der Waals surface area (Å²) in [6.07, 6.45) is 4.90. The molecule has 0 aliphatic heterocycles. The number of carbonyl (C=O) groups excluding carboxylic acids is 1. The second kappa shape index (κ2) is 6.29. The molecule has 116 valence electrons. The number of amides is 1. The van der Waals surface area contributed by atoms with Crippen molar-refractivity contribution >= 4 is 32.9 Å². The van der Waals surface area contributed by atoms with Gasteiger partial charge in [-0.25, -0.2) is 0 Å². The van der Waals surface area contributed by atoms with Crippen molar-refractivity contribution in [2.24, 2.45) is 0 Å². The lowest BCUT2D eigenvalue weighted by molar-refractivity contribution is 0.0961. The van der Waals surface area contributed by atoms with E-state index in [1.165, 1.54) is 17.7 Å². The number of aromatic nitrogens is 3. The van der Waals surface area contributed by atoms with Gasteiger partial charge in [0.1, 0.15) is 5.56 Å². The molecule has 0 fully saturated rings. The van der Waals surface area contributed by atoms with Crippen LogP contribution in [-0.2, 0) is 6.54 Å². The van der Waals surface area contributed by atoms with Gasteiger partial charge in [0.15, 0.2) is 0 Å². The molecule has 23 heavy (non-hydrogen) atoms. The summed E-state index contributed by atoms with van der Waals surface area (Å²) in [7, 11) is 1.49. The Morgan fingerprint density at radius 3 is 2.87 bits per heavy atom. The smallest absolute Gasteiger partial charge is 0.263 e. The molecule has 0 atom stereocenters. The van der Waals surface area contributed by atoms with Crippen LogP contribution in [0.1, 0.15) is 15.9 Å². The largest absolute Gasteiger partial charge is 0.355 e. The summed E-state index contributed by atoms with van der Waals surface area (Å²) < 4.78 is 2.14. The first-order valence-electron chi connectivity index (χ1n) is 6.91. The van der Waals surface area contributed by atoms with Crippen LogP contribution in [0.3, 0.4) is 0 Å². The van der Waals surface area contributed by atoms with Crippen LogP contribution in [0.25, 0.3) is 11.0 Å². The maximum Gasteiger partial charge on any atom is 0.263 e. The van der Waals surface area contributed by atoms with Crippen LogP contribution >= 0.6 is 15.9 Å². The van der Waals surface area contributed by atoms with E-state index in [1.807, 2.05) is 18.2 Å². The zero-order chi connectivity index (χ0) is 16.4. The van der Waals surface area contributed by atoms with Gasteiger partial charge in [0, 0.05) is 30.1 Å². The van der Waals surface area contributed by atoms with E-state index < -0.39 is 5.91 Å². The lowest BCUT2D eigenvalue weighted by Gasteiger charge is -2.10. The first-order valence-corrected chi connectivity index (χ1v) is 7.70. The predicted molar refractivity (Wildman–Crippen MR) is 90.4 cm³/mol. The number of nitrogens with zero attached hydrogens (tertiary/aromatic N) is 3. The Hall–Kier alpha value is -2.54. The van der Waals surface area contributed by atoms with Crippen LogP contribution in [0.5, 0.6) is 0 Å². The maximum absolute atomic E-state index is 12.5. The van der Waals surface area contributed by atoms with Crippen LogP contribution in [-0.4, -0.2) is 27.5 Å². The van der Waals surface area contributed by atoms with Crippen molar-refractivity contribution in [3.63, 3.8) is 0 Å². The molecule has 0 saturated heterocycles. The highest BCUT2D eigenvalue weighted by atomic mass is 79.9. The van der Waals surface area contributed by atoms with Gasteiger partial charge in [-0.15, -0.1) is 0 Å². The molecule has 0 aliphatic carbocycles. The summed E-state index contributed by atoms with van der Waals surface area (Å²) in [6, 6.07) is 7.14. The van der Waals surface area contributed by atoms with Gasteiger partial charge in [0.2, 0.25) is 0 Å². The molecule has 3 aromatic rings. The molecular formula is C16H13BrN4O2. The summed E-state index contributed by atoms with van der Waals surface area (Å²) in [4.78, 5) is 32.9. The minimum Gasteiger partial charge on any atom is -0.355 e. The van der Waals surface area contributed by atoms with E-state index in [9.17, 15) is 9.59 Å². The van der Waals surface area contributed by atoms with Crippen molar-refractivity contribution in [2.45, 2.75) is 6.54 Å². The number of pyridine rings is 1. The van der Waals surface area contributed by atoms with Crippen LogP contribution in [0, 0.1) is 0 Å². The van der Waals surface area contributed by atoms with Crippen molar-refractivity contribution < 1.29 is 4.79 Å². The van der Waals surface area contributed by atoms with E-state index in [0.29, 0.717) is 11.0 Å². The SMILES string of the molecule is CNC(=O)c1cc(Br)cn(Cc2cccc3nccnc23)c1=O. The van der Waals surface area contributed by atoms with Crippen LogP contribution in [0.2, 0.25) is 0 Å². The molecule has 2 aromatic heterocycles. The minimum atomic E-state index is -0.414. The number of hydrogen-bond acceptors (Lipinski definition) is 4. The maximum atomic E-state index is 12.5. The molecule has 3 rings (SSSR count). The molecule has 6 nitrogen and oxygen atoms in total. The molecular weight excluding hydrogens is 360 g/mol. The average Bonchev–Trinajstić information content (AvgIpc) is 2.57. The Labute approximate surface area is 140 Å². The normalized spacial score (nSPS) is 10.7. The molecule has 1 aromatic carbocycles. The van der Waals surface area contributed by atoms with Gasteiger partial charge in [-0.3, -0.25) is 19.6 Å². The Balaban J connectivity index is 2.11. The van der Waals surface area contributed by atoms with E-state index in [2.05, 4.69) is 31.2 Å². The van der Waals surface area contributed by atoms with E-state index in [-0.39, 0.29) is 11.1 Å². The highest BCUT2D eigenvalue weighted by Crippen LogP contribution is 2.16. The number of halogens is 1. The average molecular weight is 373 g/mol. The lowest BCUT2D eigenvalue weighted by Crippen LogP contribution is -2.31. The fourth-order valence-corrected chi connectivity index (χ4v) is 2.85. The summed E-state index contributed by atoms with van der Waals surface area (Å²) in [5.74, 6) is -0.414. The van der Waals surface area contributed by atoms with Crippen molar-refractivity contribution in [3.05, 3.63) is 68.8 Å². The zero-order valence-corrected chi connectivity index (χ0v) is 13.9. The summed E-state index contributed by atoms with van der Waals surface area (Å²) in [6.45, 7) is 0.304. The van der Waals surface area contributed by atoms with Gasteiger partial charge in [-0.2, -0.15) is 0 Å². The standard InChI is InChI=1S/C16H13BrN4O2/c1-18-15(22)12-7-11(17)9-21(16(12)23)8-10-3-2-4-13-14(10)20-6-5-19-13/h2-7,9H,8H2,1H3,(H,18,22). The molecule has 0 aliphatic rings. The Bertz CT molecular complexity index is 947. The van der Waals surface area contributed by atoms with Crippen molar-refractivity contribution in [1.82, 2.24) is 19.9 Å². The fourth-order valence-electron chi connectivity index (χ4n) is 2.38. The van der Waals surface area contributed by atoms with Gasteiger partial charge < -0.3 is 9.88 Å². The van der Waals surface area contributed by atoms with Crippen LogP contribution < -0.4 is 10.9 Å². The van der Waals surface area contributed by atoms with E-state index in [0.717, 1.165) is 16.6 Å². The number of hydrogen-bond donors (Lipinski definition) is 1. The van der Waals surface area contributed by atoms with E-state index in [4.69, 9.17) is 0 Å². The minimum absolute atomic E-state index is 0.0909. The summed E-state index contributed by atoms with van der Waals surface area (Å²) in [5, 5.41) is 2.47. The number of benzene rings is 1. The number of rotatable bonds is 3. The molecule has 1 N–H and O–H groups in total. The van der Waals surface area contributed by atoms with E-state index >= 15 is 0 Å². The van der Waals surface area contributed by atoms with E-state index in [1.54, 1.807) is 18.6 Å². The molecule has 0 unspecified atom stereocenters. The van der Waals surface area contributed by atoms with Gasteiger partial charge in [0.25, 0.3) is 11.5 Å². The second-order valence-corrected chi connectivity index (χ2v) is 5.84. The highest BCUT2D eigenvalue weighted by molar-refractivity contribution is 9.10. The molecule has 0 bridgehead atoms. The van der Waals surface area contributed by atoms with Gasteiger partial charge in [0.05, 0.1) is 17.6 Å². The third kappa shape index (κ3) is 3.00. The van der Waals surface area contributed by atoms with Gasteiger partial charge >= 0.3 is 0 Å². The monoisotopic (exact) mass is 372 g/mol. The first-order chi connectivity index (χ1) is 11.1. The van der Waals surface area contributed by atoms with Crippen LogP contribution in [0.15, 0.2) is 52.1 Å². The Morgan fingerprint density at radius 2 is 2.09 bits per heavy atom. The third-order valence-corrected chi connectivity index (χ3v) is 3.88. The Kier molecular flexibility index (Phi) is 4.20. The zero-order valence-electron chi connectivity index (χ0n) is 12.3. The lowest BCUT2D eigenvalue weighted by atomic mass is 10.1. The molecule has 0 saturated carbocycles. The van der Waals surface area contributed by atoms with Crippen molar-refractivity contribution in [1.29, 1.82) is 0 Å². The second-order valence-electron chi connectivity index (χ2n) is 4.93. The number of nitrogens with one attached hydrogen (secondary N) is 1. The molecule has 0 spiro atoms. The predicted octanol–water partition coefficient (Wildman–Crippen LogP) is 1.96. The van der Waals surface area contributed by atoms with Crippen LogP contribution in [0.4, 0.5) is 0 Å². The number of carbonyl (C=O) groups is 1. The summed E-state index contributed by atoms with van der Waals surface area (Å²) in [5.41, 5.74) is 2.10. The van der Waals surface area contributed by atoms with Crippen molar-refractivity contribution in [2.75, 3.05) is 7.05 Å². The number of fused-ring (bicyclic) bond motifs is 1. The highest BCUT2D eigenvalue weighted by Gasteiger charge is 2.13. The first kappa shape index (κ1) is 15.4. The molecule has 2 heterocycles. The topological polar surface area (TPSA) is 76.9 Å². The Morgan fingerprint density at radius 1 is 1.30 bits per heavy atom. The molecule has 1 amide bonds. The molecule has 0 radical (unpaired) electrons. The number of para-hydroxylation sites is 1. The van der Waals surface area contributed by atoms with Crippen molar-refractivity contribution in [3.8, 4) is 0 Å². The van der Waals surface area contributed by atoms with Gasteiger partial charge in [-0.1, -0.05) is 12.1 Å². The molecule has 7 heteroatoms. The fraction of sp³-hybridized carbons (Fsp3) is 0.125. The third-order valence-electron chi connectivity index (χ3n) is 3.45.